The Morgan fingerprint density at radius 1 is 1.38 bits per heavy atom. The first-order valence-corrected chi connectivity index (χ1v) is 8.35. The predicted molar refractivity (Wildman–Crippen MR) is 84.0 cm³/mol. The summed E-state index contributed by atoms with van der Waals surface area (Å²) in [6.07, 6.45) is 0. The monoisotopic (exact) mass is 328 g/mol. The number of aromatic amines is 1. The summed E-state index contributed by atoms with van der Waals surface area (Å²) >= 11 is 1.09. The minimum atomic E-state index is -3.50. The number of aromatic nitrogens is 1. The molecule has 0 saturated carbocycles. The van der Waals surface area contributed by atoms with Crippen molar-refractivity contribution < 1.29 is 8.42 Å². The van der Waals surface area contributed by atoms with E-state index in [0.717, 1.165) is 21.3 Å². The zero-order chi connectivity index (χ0) is 15.6. The van der Waals surface area contributed by atoms with Crippen LogP contribution in [0.1, 0.15) is 5.69 Å². The van der Waals surface area contributed by atoms with Crippen molar-refractivity contribution in [1.29, 1.82) is 0 Å². The molecule has 0 aliphatic carbocycles. The molecule has 2 rings (SSSR count). The first kappa shape index (κ1) is 15.5. The average molecular weight is 328 g/mol. The van der Waals surface area contributed by atoms with E-state index in [0.29, 0.717) is 17.9 Å². The minimum Gasteiger partial charge on any atom is -0.397 e. The average Bonchev–Trinajstić information content (AvgIpc) is 2.82. The first-order chi connectivity index (χ1) is 9.80. The van der Waals surface area contributed by atoms with Gasteiger partial charge in [-0.1, -0.05) is 11.3 Å². The normalized spacial score (nSPS) is 11.8. The number of rotatable bonds is 5. The Hall–Kier alpha value is -1.84. The summed E-state index contributed by atoms with van der Waals surface area (Å²) < 4.78 is 25.1. The molecule has 0 aliphatic rings. The van der Waals surface area contributed by atoms with Gasteiger partial charge in [0, 0.05) is 25.2 Å². The van der Waals surface area contributed by atoms with Gasteiger partial charge in [-0.15, -0.1) is 0 Å². The van der Waals surface area contributed by atoms with E-state index >= 15 is 0 Å². The van der Waals surface area contributed by atoms with Crippen LogP contribution in [0.4, 0.5) is 11.4 Å². The van der Waals surface area contributed by atoms with Crippen LogP contribution in [0.2, 0.25) is 0 Å². The van der Waals surface area contributed by atoms with Crippen LogP contribution in [0.3, 0.4) is 0 Å². The highest BCUT2D eigenvalue weighted by molar-refractivity contribution is 7.89. The number of hydrogen-bond donors (Lipinski definition) is 3. The number of anilines is 2. The molecule has 1 aromatic heterocycles. The van der Waals surface area contributed by atoms with Crippen molar-refractivity contribution in [2.45, 2.75) is 11.4 Å². The summed E-state index contributed by atoms with van der Waals surface area (Å²) in [6, 6.07) is 4.51. The van der Waals surface area contributed by atoms with Gasteiger partial charge in [0.05, 0.1) is 22.8 Å². The van der Waals surface area contributed by atoms with Gasteiger partial charge in [-0.05, 0) is 18.2 Å². The Labute approximate surface area is 126 Å². The molecule has 21 heavy (non-hydrogen) atoms. The molecule has 114 valence electrons. The molecular weight excluding hydrogens is 312 g/mol. The Balaban J connectivity index is 2.18. The number of hydrogen-bond acceptors (Lipinski definition) is 6. The van der Waals surface area contributed by atoms with E-state index in [4.69, 9.17) is 5.73 Å². The molecule has 0 radical (unpaired) electrons. The lowest BCUT2D eigenvalue weighted by Crippen LogP contribution is -2.22. The fraction of sp³-hybridized carbons (Fsp3) is 0.250. The molecule has 0 amide bonds. The van der Waals surface area contributed by atoms with E-state index in [-0.39, 0.29) is 9.77 Å². The largest absolute Gasteiger partial charge is 0.397 e. The zero-order valence-corrected chi connectivity index (χ0v) is 13.2. The van der Waals surface area contributed by atoms with Crippen molar-refractivity contribution in [2.24, 2.45) is 0 Å². The van der Waals surface area contributed by atoms with Crippen LogP contribution in [0.5, 0.6) is 0 Å². The second-order valence-corrected chi connectivity index (χ2v) is 7.56. The first-order valence-electron chi connectivity index (χ1n) is 6.03. The van der Waals surface area contributed by atoms with Crippen molar-refractivity contribution in [2.75, 3.05) is 25.1 Å². The second kappa shape index (κ2) is 5.88. The predicted octanol–water partition coefficient (Wildman–Crippen LogP) is 0.881. The van der Waals surface area contributed by atoms with Gasteiger partial charge in [0.2, 0.25) is 10.0 Å². The van der Waals surface area contributed by atoms with Crippen LogP contribution in [0, 0.1) is 0 Å². The standard InChI is InChI=1S/C12H16N4O3S2/c1-16(2)21(18,19)9-3-4-11(10(13)5-9)14-6-8-7-20-12(17)15-8/h3-5,7,14H,6,13H2,1-2H3,(H,15,17). The highest BCUT2D eigenvalue weighted by Crippen LogP contribution is 2.24. The molecule has 0 spiro atoms. The number of benzene rings is 1. The van der Waals surface area contributed by atoms with E-state index in [9.17, 15) is 13.2 Å². The Morgan fingerprint density at radius 2 is 2.10 bits per heavy atom. The molecule has 0 bridgehead atoms. The number of nitrogens with two attached hydrogens (primary N) is 1. The van der Waals surface area contributed by atoms with Crippen molar-refractivity contribution in [3.63, 3.8) is 0 Å². The van der Waals surface area contributed by atoms with Crippen LogP contribution >= 0.6 is 11.3 Å². The maximum Gasteiger partial charge on any atom is 0.304 e. The van der Waals surface area contributed by atoms with Crippen molar-refractivity contribution in [3.05, 3.63) is 38.9 Å². The summed E-state index contributed by atoms with van der Waals surface area (Å²) in [5.41, 5.74) is 7.56. The van der Waals surface area contributed by atoms with E-state index < -0.39 is 10.0 Å². The van der Waals surface area contributed by atoms with E-state index in [2.05, 4.69) is 10.3 Å². The summed E-state index contributed by atoms with van der Waals surface area (Å²) in [5, 5.41) is 4.77. The molecule has 2 aromatic rings. The quantitative estimate of drug-likeness (QED) is 0.706. The molecule has 1 aromatic carbocycles. The third kappa shape index (κ3) is 3.43. The third-order valence-electron chi connectivity index (χ3n) is 2.84. The minimum absolute atomic E-state index is 0.118. The number of H-pyrrole nitrogens is 1. The summed E-state index contributed by atoms with van der Waals surface area (Å²) in [6.45, 7) is 0.405. The number of thiazole rings is 1. The van der Waals surface area contributed by atoms with Crippen molar-refractivity contribution in [1.82, 2.24) is 9.29 Å². The summed E-state index contributed by atoms with van der Waals surface area (Å²) in [5.74, 6) is 0. The zero-order valence-electron chi connectivity index (χ0n) is 11.6. The van der Waals surface area contributed by atoms with Crippen molar-refractivity contribution >= 4 is 32.7 Å². The second-order valence-electron chi connectivity index (χ2n) is 4.56. The Bertz CT molecular complexity index is 793. The van der Waals surface area contributed by atoms with Gasteiger partial charge in [-0.25, -0.2) is 12.7 Å². The SMILES string of the molecule is CN(C)S(=O)(=O)c1ccc(NCc2csc(=O)[nH]2)c(N)c1. The number of nitrogens with one attached hydrogen (secondary N) is 2. The highest BCUT2D eigenvalue weighted by atomic mass is 32.2. The molecule has 1 heterocycles. The van der Waals surface area contributed by atoms with E-state index in [1.165, 1.54) is 26.2 Å². The van der Waals surface area contributed by atoms with Gasteiger partial charge in [-0.2, -0.15) is 0 Å². The molecule has 0 unspecified atom stereocenters. The fourth-order valence-electron chi connectivity index (χ4n) is 1.66. The van der Waals surface area contributed by atoms with Crippen LogP contribution in [0.25, 0.3) is 0 Å². The molecule has 0 saturated heterocycles. The molecule has 0 fully saturated rings. The number of nitrogens with zero attached hydrogens (tertiary/aromatic N) is 1. The van der Waals surface area contributed by atoms with Crippen LogP contribution in [-0.2, 0) is 16.6 Å². The van der Waals surface area contributed by atoms with Crippen molar-refractivity contribution in [3.8, 4) is 0 Å². The van der Waals surface area contributed by atoms with Gasteiger partial charge in [0.1, 0.15) is 0 Å². The van der Waals surface area contributed by atoms with Crippen LogP contribution in [-0.4, -0.2) is 31.8 Å². The molecule has 9 heteroatoms. The molecule has 0 aliphatic heterocycles. The lowest BCUT2D eigenvalue weighted by atomic mass is 10.2. The smallest absolute Gasteiger partial charge is 0.304 e. The topological polar surface area (TPSA) is 108 Å². The lowest BCUT2D eigenvalue weighted by Gasteiger charge is -2.14. The summed E-state index contributed by atoms with van der Waals surface area (Å²) in [7, 11) is -0.574. The highest BCUT2D eigenvalue weighted by Gasteiger charge is 2.18. The maximum atomic E-state index is 12.0. The molecular formula is C12H16N4O3S2. The van der Waals surface area contributed by atoms with E-state index in [1.54, 1.807) is 11.4 Å². The van der Waals surface area contributed by atoms with Gasteiger partial charge >= 0.3 is 4.87 Å². The van der Waals surface area contributed by atoms with E-state index in [1.807, 2.05) is 0 Å². The third-order valence-corrected chi connectivity index (χ3v) is 5.37. The molecule has 0 atom stereocenters. The summed E-state index contributed by atoms with van der Waals surface area (Å²) in [4.78, 5) is 13.7. The van der Waals surface area contributed by atoms with Gasteiger partial charge in [0.25, 0.3) is 0 Å². The van der Waals surface area contributed by atoms with Crippen LogP contribution in [0.15, 0.2) is 33.3 Å². The van der Waals surface area contributed by atoms with Crippen LogP contribution < -0.4 is 15.9 Å². The molecule has 7 nitrogen and oxygen atoms in total. The van der Waals surface area contributed by atoms with Gasteiger partial charge in [-0.3, -0.25) is 4.79 Å². The maximum absolute atomic E-state index is 12.0. The number of sulfonamides is 1. The van der Waals surface area contributed by atoms with Gasteiger partial charge < -0.3 is 16.0 Å². The Morgan fingerprint density at radius 3 is 2.62 bits per heavy atom. The number of nitrogen functional groups attached to an aromatic ring is 1. The fourth-order valence-corrected chi connectivity index (χ4v) is 3.18. The lowest BCUT2D eigenvalue weighted by molar-refractivity contribution is 0.521. The Kier molecular flexibility index (Phi) is 4.35. The van der Waals surface area contributed by atoms with Gasteiger partial charge in [0.15, 0.2) is 0 Å². The molecule has 4 N–H and O–H groups in total.